The number of rotatable bonds is 32. The van der Waals surface area contributed by atoms with Gasteiger partial charge >= 0.3 is 113 Å². The van der Waals surface area contributed by atoms with E-state index in [0.717, 1.165) is 25.0 Å². The molecule has 0 bridgehead atoms. The van der Waals surface area contributed by atoms with Gasteiger partial charge in [0.2, 0.25) is 0 Å². The number of unbranched alkanes of at least 4 members (excludes halogenated alkanes) is 24. The smallest absolute Gasteiger partial charge is 0.822 e. The number of phosphoric acid groups is 2. The Balaban J connectivity index is -0.000000324. The molecule has 9 nitrogen and oxygen atoms in total. The van der Waals surface area contributed by atoms with E-state index in [1.54, 1.807) is 0 Å². The fourth-order valence-electron chi connectivity index (χ4n) is 5.50. The molecule has 14 heteroatoms. The summed E-state index contributed by atoms with van der Waals surface area (Å²) in [5.41, 5.74) is 0. The molecule has 0 aromatic carbocycles. The molecule has 0 aromatic heterocycles. The Morgan fingerprint density at radius 3 is 0.640 bits per heavy atom. The second-order valence-electron chi connectivity index (χ2n) is 14.1. The zero-order valence-corrected chi connectivity index (χ0v) is 41.5. The van der Waals surface area contributed by atoms with Crippen molar-refractivity contribution in [1.29, 1.82) is 0 Å². The monoisotopic (exact) mass is 832 g/mol. The van der Waals surface area contributed by atoms with E-state index in [1.165, 1.54) is 180 Å². The molecule has 0 N–H and O–H groups in total. The van der Waals surface area contributed by atoms with Crippen molar-refractivity contribution in [3.05, 3.63) is 0 Å². The average Bonchev–Trinajstić information content (AvgIpc) is 2.94. The second kappa shape index (κ2) is 51.0. The summed E-state index contributed by atoms with van der Waals surface area (Å²) in [6, 6.07) is 0. The maximum Gasteiger partial charge on any atom is 2.00 e. The van der Waals surface area contributed by atoms with Crippen LogP contribution in [0.15, 0.2) is 0 Å². The van der Waals surface area contributed by atoms with Crippen molar-refractivity contribution in [2.45, 2.75) is 207 Å². The summed E-state index contributed by atoms with van der Waals surface area (Å²) in [7, 11) is -10.8. The van der Waals surface area contributed by atoms with Crippen molar-refractivity contribution in [1.82, 2.24) is 0 Å². The van der Waals surface area contributed by atoms with Gasteiger partial charge in [0, 0.05) is 13.2 Å². The van der Waals surface area contributed by atoms with Gasteiger partial charge in [-0.25, -0.2) is 0 Å². The molecule has 0 aromatic rings. The van der Waals surface area contributed by atoms with Gasteiger partial charge in [0.1, 0.15) is 0 Å². The van der Waals surface area contributed by atoms with Gasteiger partial charge in [0.25, 0.3) is 0 Å². The third kappa shape index (κ3) is 93.6. The van der Waals surface area contributed by atoms with E-state index in [0.29, 0.717) is 0 Å². The first-order valence-corrected chi connectivity index (χ1v) is 22.1. The van der Waals surface area contributed by atoms with Crippen molar-refractivity contribution in [2.75, 3.05) is 13.2 Å². The molecule has 0 aliphatic carbocycles. The maximum atomic E-state index is 8.55. The molecule has 0 radical (unpaired) electrons. The molecule has 0 atom stereocenters. The zero-order chi connectivity index (χ0) is 36.1. The van der Waals surface area contributed by atoms with Gasteiger partial charge in [0.05, 0.1) is 0 Å². The largest absolute Gasteiger partial charge is 2.00 e. The fourth-order valence-corrected chi connectivity index (χ4v) is 5.50. The van der Waals surface area contributed by atoms with E-state index in [4.69, 9.17) is 43.2 Å². The molecular formula is C36H74Ca3O9P2. The van der Waals surface area contributed by atoms with Crippen LogP contribution >= 0.6 is 15.6 Å². The van der Waals surface area contributed by atoms with Crippen LogP contribution in [-0.4, -0.2) is 126 Å². The van der Waals surface area contributed by atoms with Gasteiger partial charge in [-0.15, -0.1) is 0 Å². The first kappa shape index (κ1) is 65.8. The van der Waals surface area contributed by atoms with Crippen LogP contribution in [-0.2, 0) is 13.9 Å². The second-order valence-corrected chi connectivity index (χ2v) is 15.9. The number of hydrogen-bond donors (Lipinski definition) is 0. The van der Waals surface area contributed by atoms with E-state index >= 15 is 0 Å². The van der Waals surface area contributed by atoms with Crippen LogP contribution in [0.25, 0.3) is 0 Å². The SMILES string of the molecule is CC(C)CCCCCCCCCCCCCCCOCCCCCCCCCCCCCCCC(C)C.O=P([O-])([O-])[O-].O=P([O-])([O-])[O-].[Ca+2].[Ca+2].[Ca+2]. The minimum Gasteiger partial charge on any atom is -0.822 e. The quantitative estimate of drug-likeness (QED) is 0.0418. The third-order valence-electron chi connectivity index (χ3n) is 8.14. The molecule has 0 aliphatic heterocycles. The van der Waals surface area contributed by atoms with Crippen molar-refractivity contribution < 1.29 is 43.2 Å². The standard InChI is InChI=1S/C36H74O.3Ca.2H3O4P/c1-35(2)31-27-23-19-15-11-7-5-9-13-17-21-25-29-33-37-34-30-26-22-18-14-10-6-8-12-16-20-24-28-32-36(3)4;;;;2*1-5(2,3)4/h35-36H,5-34H2,1-4H3;;;;2*(H3,1,2,3,4)/q;3*+2;;/p-6. The molecule has 0 rings (SSSR count). The van der Waals surface area contributed by atoms with Crippen LogP contribution in [0.4, 0.5) is 0 Å². The molecule has 0 aliphatic rings. The van der Waals surface area contributed by atoms with Crippen molar-refractivity contribution in [2.24, 2.45) is 11.8 Å². The van der Waals surface area contributed by atoms with Gasteiger partial charge in [-0.05, 0) is 24.7 Å². The Morgan fingerprint density at radius 2 is 0.480 bits per heavy atom. The molecule has 0 spiro atoms. The van der Waals surface area contributed by atoms with Gasteiger partial charge in [0.15, 0.2) is 0 Å². The summed E-state index contributed by atoms with van der Waals surface area (Å²) in [5, 5.41) is 0. The van der Waals surface area contributed by atoms with Crippen LogP contribution in [0.5, 0.6) is 0 Å². The Hall–Kier alpha value is 3.96. The Bertz CT molecular complexity index is 625. The summed E-state index contributed by atoms with van der Waals surface area (Å²) in [5.74, 6) is 1.78. The van der Waals surface area contributed by atoms with Crippen LogP contribution in [0.1, 0.15) is 207 Å². The Morgan fingerprint density at radius 1 is 0.340 bits per heavy atom. The van der Waals surface area contributed by atoms with E-state index in [2.05, 4.69) is 27.7 Å². The Labute approximate surface area is 399 Å². The first-order valence-electron chi connectivity index (χ1n) is 19.2. The molecular weight excluding hydrogens is 759 g/mol. The van der Waals surface area contributed by atoms with Gasteiger partial charge in [-0.2, -0.15) is 15.6 Å². The molecule has 0 saturated carbocycles. The van der Waals surface area contributed by atoms with E-state index in [9.17, 15) is 0 Å². The molecule has 0 heterocycles. The van der Waals surface area contributed by atoms with Gasteiger partial charge in [-0.1, -0.05) is 195 Å². The molecule has 0 unspecified atom stereocenters. The number of ether oxygens (including phenoxy) is 1. The fraction of sp³-hybridized carbons (Fsp3) is 1.00. The van der Waals surface area contributed by atoms with Crippen LogP contribution in [0, 0.1) is 11.8 Å². The minimum absolute atomic E-state index is 0. The molecule has 50 heavy (non-hydrogen) atoms. The van der Waals surface area contributed by atoms with E-state index in [1.807, 2.05) is 0 Å². The first-order chi connectivity index (χ1) is 22.1. The third-order valence-corrected chi connectivity index (χ3v) is 8.14. The van der Waals surface area contributed by atoms with Crippen molar-refractivity contribution in [3.63, 3.8) is 0 Å². The normalized spacial score (nSPS) is 11.1. The van der Waals surface area contributed by atoms with E-state index in [-0.39, 0.29) is 113 Å². The van der Waals surface area contributed by atoms with E-state index < -0.39 is 15.6 Å². The van der Waals surface area contributed by atoms with Gasteiger partial charge < -0.3 is 43.2 Å². The topological polar surface area (TPSA) is 182 Å². The van der Waals surface area contributed by atoms with Crippen molar-refractivity contribution in [3.8, 4) is 0 Å². The number of hydrogen-bond acceptors (Lipinski definition) is 9. The minimum atomic E-state index is -5.39. The predicted molar refractivity (Wildman–Crippen MR) is 202 cm³/mol. The molecule has 0 saturated heterocycles. The zero-order valence-electron chi connectivity index (χ0n) is 33.1. The Kier molecular flexibility index (Phi) is 67.1. The maximum absolute atomic E-state index is 8.55. The van der Waals surface area contributed by atoms with Crippen LogP contribution < -0.4 is 29.4 Å². The van der Waals surface area contributed by atoms with Crippen LogP contribution in [0.2, 0.25) is 0 Å². The van der Waals surface area contributed by atoms with Gasteiger partial charge in [-0.3, -0.25) is 0 Å². The predicted octanol–water partition coefficient (Wildman–Crippen LogP) is 6.45. The summed E-state index contributed by atoms with van der Waals surface area (Å²) in [6.45, 7) is 11.4. The summed E-state index contributed by atoms with van der Waals surface area (Å²) < 4.78 is 23.0. The summed E-state index contributed by atoms with van der Waals surface area (Å²) >= 11 is 0. The molecule has 288 valence electrons. The summed E-state index contributed by atoms with van der Waals surface area (Å²) in [6.07, 6.45) is 40.2. The van der Waals surface area contributed by atoms with Crippen molar-refractivity contribution >= 4 is 129 Å². The molecule has 0 fully saturated rings. The summed E-state index contributed by atoms with van der Waals surface area (Å²) in [4.78, 5) is 51.3. The molecule has 0 amide bonds. The van der Waals surface area contributed by atoms with Crippen LogP contribution in [0.3, 0.4) is 0 Å². The average molecular weight is 833 g/mol.